The standard InChI is InChI=1S/C11H14N2O5/c14-9(12-5-2-10(15)16)1-4-13-11(17)8-3-6-18-7-8/h3,6-7H,1-2,4-5H2,(H,12,14)(H,13,17)(H,15,16). The van der Waals surface area contributed by atoms with Gasteiger partial charge in [0.2, 0.25) is 5.91 Å². The normalized spacial score (nSPS) is 9.78. The third-order valence-electron chi connectivity index (χ3n) is 2.08. The zero-order valence-corrected chi connectivity index (χ0v) is 9.64. The second kappa shape index (κ2) is 7.10. The summed E-state index contributed by atoms with van der Waals surface area (Å²) in [6.45, 7) is 0.271. The molecule has 1 aromatic heterocycles. The van der Waals surface area contributed by atoms with Crippen LogP contribution in [0.3, 0.4) is 0 Å². The number of aliphatic carboxylic acids is 1. The van der Waals surface area contributed by atoms with Crippen molar-refractivity contribution in [1.29, 1.82) is 0 Å². The molecule has 98 valence electrons. The fourth-order valence-corrected chi connectivity index (χ4v) is 1.18. The lowest BCUT2D eigenvalue weighted by Crippen LogP contribution is -2.31. The van der Waals surface area contributed by atoms with Crippen molar-refractivity contribution in [2.75, 3.05) is 13.1 Å². The van der Waals surface area contributed by atoms with E-state index in [-0.39, 0.29) is 37.7 Å². The fraction of sp³-hybridized carbons (Fsp3) is 0.364. The van der Waals surface area contributed by atoms with Gasteiger partial charge in [0.1, 0.15) is 6.26 Å². The first-order valence-corrected chi connectivity index (χ1v) is 5.38. The Labute approximate surface area is 103 Å². The van der Waals surface area contributed by atoms with E-state index in [2.05, 4.69) is 10.6 Å². The molecule has 1 rings (SSSR count). The third kappa shape index (κ3) is 5.15. The topological polar surface area (TPSA) is 109 Å². The van der Waals surface area contributed by atoms with Crippen molar-refractivity contribution in [3.8, 4) is 0 Å². The van der Waals surface area contributed by atoms with Crippen LogP contribution in [0.25, 0.3) is 0 Å². The van der Waals surface area contributed by atoms with Crippen LogP contribution in [0.15, 0.2) is 23.0 Å². The highest BCUT2D eigenvalue weighted by Gasteiger charge is 2.07. The van der Waals surface area contributed by atoms with Crippen LogP contribution in [0, 0.1) is 0 Å². The first kappa shape index (κ1) is 13.8. The Balaban J connectivity index is 2.12. The van der Waals surface area contributed by atoms with Gasteiger partial charge in [0, 0.05) is 19.5 Å². The number of furan rings is 1. The largest absolute Gasteiger partial charge is 0.481 e. The lowest BCUT2D eigenvalue weighted by Gasteiger charge is -2.04. The van der Waals surface area contributed by atoms with Crippen molar-refractivity contribution >= 4 is 17.8 Å². The maximum Gasteiger partial charge on any atom is 0.305 e. The smallest absolute Gasteiger partial charge is 0.305 e. The van der Waals surface area contributed by atoms with Crippen LogP contribution < -0.4 is 10.6 Å². The van der Waals surface area contributed by atoms with E-state index in [1.54, 1.807) is 0 Å². The fourth-order valence-electron chi connectivity index (χ4n) is 1.18. The zero-order valence-electron chi connectivity index (χ0n) is 9.64. The summed E-state index contributed by atoms with van der Waals surface area (Å²) in [4.78, 5) is 32.8. The summed E-state index contributed by atoms with van der Waals surface area (Å²) in [6, 6.07) is 1.52. The molecule has 0 unspecified atom stereocenters. The molecule has 0 aliphatic rings. The minimum atomic E-state index is -0.969. The minimum absolute atomic E-state index is 0.0871. The van der Waals surface area contributed by atoms with Crippen LogP contribution in [0.5, 0.6) is 0 Å². The van der Waals surface area contributed by atoms with Crippen molar-refractivity contribution in [3.05, 3.63) is 24.2 Å². The van der Waals surface area contributed by atoms with Gasteiger partial charge < -0.3 is 20.2 Å². The monoisotopic (exact) mass is 254 g/mol. The van der Waals surface area contributed by atoms with Crippen molar-refractivity contribution in [2.45, 2.75) is 12.8 Å². The Morgan fingerprint density at radius 1 is 1.17 bits per heavy atom. The second-order valence-corrected chi connectivity index (χ2v) is 3.51. The molecule has 2 amide bonds. The summed E-state index contributed by atoms with van der Waals surface area (Å²) < 4.78 is 4.74. The average molecular weight is 254 g/mol. The van der Waals surface area contributed by atoms with E-state index in [9.17, 15) is 14.4 Å². The molecule has 0 aliphatic carbocycles. The number of carboxylic acid groups (broad SMARTS) is 1. The molecule has 0 aromatic carbocycles. The Bertz CT molecular complexity index is 413. The summed E-state index contributed by atoms with van der Waals surface area (Å²) in [5.41, 5.74) is 0.390. The van der Waals surface area contributed by atoms with Gasteiger partial charge in [-0.05, 0) is 6.07 Å². The van der Waals surface area contributed by atoms with Crippen molar-refractivity contribution in [1.82, 2.24) is 10.6 Å². The van der Waals surface area contributed by atoms with Gasteiger partial charge in [-0.15, -0.1) is 0 Å². The van der Waals surface area contributed by atoms with Gasteiger partial charge in [0.15, 0.2) is 0 Å². The zero-order chi connectivity index (χ0) is 13.4. The molecule has 0 saturated carbocycles. The molecule has 0 aliphatic heterocycles. The maximum atomic E-state index is 11.4. The molecule has 3 N–H and O–H groups in total. The summed E-state index contributed by atoms with van der Waals surface area (Å²) in [5.74, 6) is -1.59. The lowest BCUT2D eigenvalue weighted by atomic mass is 10.3. The Morgan fingerprint density at radius 2 is 1.89 bits per heavy atom. The van der Waals surface area contributed by atoms with E-state index in [4.69, 9.17) is 9.52 Å². The summed E-state index contributed by atoms with van der Waals surface area (Å²) >= 11 is 0. The van der Waals surface area contributed by atoms with Crippen LogP contribution in [-0.2, 0) is 9.59 Å². The SMILES string of the molecule is O=C(O)CCNC(=O)CCNC(=O)c1ccoc1. The molecule has 1 aromatic rings. The minimum Gasteiger partial charge on any atom is -0.481 e. The predicted molar refractivity (Wildman–Crippen MR) is 60.9 cm³/mol. The van der Waals surface area contributed by atoms with Gasteiger partial charge in [-0.2, -0.15) is 0 Å². The molecule has 7 nitrogen and oxygen atoms in total. The highest BCUT2D eigenvalue weighted by Crippen LogP contribution is 1.98. The van der Waals surface area contributed by atoms with E-state index >= 15 is 0 Å². The number of hydrogen-bond donors (Lipinski definition) is 3. The number of carbonyl (C=O) groups excluding carboxylic acids is 2. The molecule has 1 heterocycles. The van der Waals surface area contributed by atoms with Crippen LogP contribution in [-0.4, -0.2) is 36.0 Å². The van der Waals surface area contributed by atoms with E-state index in [0.29, 0.717) is 5.56 Å². The molecule has 7 heteroatoms. The number of amides is 2. The number of carbonyl (C=O) groups is 3. The van der Waals surface area contributed by atoms with Gasteiger partial charge in [-0.1, -0.05) is 0 Å². The molecular weight excluding hydrogens is 240 g/mol. The average Bonchev–Trinajstić information content (AvgIpc) is 2.81. The molecular formula is C11H14N2O5. The molecule has 0 radical (unpaired) electrons. The summed E-state index contributed by atoms with van der Waals surface area (Å²) in [5, 5.41) is 13.3. The van der Waals surface area contributed by atoms with Crippen LogP contribution in [0.4, 0.5) is 0 Å². The third-order valence-corrected chi connectivity index (χ3v) is 2.08. The van der Waals surface area contributed by atoms with Crippen molar-refractivity contribution < 1.29 is 23.9 Å². The first-order chi connectivity index (χ1) is 8.59. The van der Waals surface area contributed by atoms with Crippen LogP contribution in [0.1, 0.15) is 23.2 Å². The van der Waals surface area contributed by atoms with E-state index in [0.717, 1.165) is 0 Å². The Hall–Kier alpha value is -2.31. The molecule has 0 atom stereocenters. The molecule has 18 heavy (non-hydrogen) atoms. The van der Waals surface area contributed by atoms with Crippen molar-refractivity contribution in [3.63, 3.8) is 0 Å². The molecule has 0 bridgehead atoms. The number of carboxylic acids is 1. The van der Waals surface area contributed by atoms with E-state index in [1.807, 2.05) is 0 Å². The lowest BCUT2D eigenvalue weighted by molar-refractivity contribution is -0.136. The quantitative estimate of drug-likeness (QED) is 0.634. The highest BCUT2D eigenvalue weighted by molar-refractivity contribution is 5.94. The van der Waals surface area contributed by atoms with Gasteiger partial charge in [-0.25, -0.2) is 0 Å². The van der Waals surface area contributed by atoms with Gasteiger partial charge in [-0.3, -0.25) is 14.4 Å². The Morgan fingerprint density at radius 3 is 2.50 bits per heavy atom. The van der Waals surface area contributed by atoms with E-state index < -0.39 is 5.97 Å². The summed E-state index contributed by atoms with van der Waals surface area (Å²) in [6.07, 6.45) is 2.67. The second-order valence-electron chi connectivity index (χ2n) is 3.51. The molecule has 0 fully saturated rings. The van der Waals surface area contributed by atoms with Crippen LogP contribution >= 0.6 is 0 Å². The van der Waals surface area contributed by atoms with Crippen molar-refractivity contribution in [2.24, 2.45) is 0 Å². The van der Waals surface area contributed by atoms with Crippen LogP contribution in [0.2, 0.25) is 0 Å². The van der Waals surface area contributed by atoms with E-state index in [1.165, 1.54) is 18.6 Å². The van der Waals surface area contributed by atoms with Gasteiger partial charge >= 0.3 is 5.97 Å². The molecule has 0 spiro atoms. The number of nitrogens with one attached hydrogen (secondary N) is 2. The first-order valence-electron chi connectivity index (χ1n) is 5.38. The highest BCUT2D eigenvalue weighted by atomic mass is 16.4. The van der Waals surface area contributed by atoms with Gasteiger partial charge in [0.05, 0.1) is 18.2 Å². The van der Waals surface area contributed by atoms with Gasteiger partial charge in [0.25, 0.3) is 5.91 Å². The number of hydrogen-bond acceptors (Lipinski definition) is 4. The Kier molecular flexibility index (Phi) is 5.43. The number of rotatable bonds is 7. The summed E-state index contributed by atoms with van der Waals surface area (Å²) in [7, 11) is 0. The predicted octanol–water partition coefficient (Wildman–Crippen LogP) is -0.00960. The molecule has 0 saturated heterocycles. The maximum absolute atomic E-state index is 11.4.